The summed E-state index contributed by atoms with van der Waals surface area (Å²) in [7, 11) is 0. The zero-order valence-electron chi connectivity index (χ0n) is 13.6. The normalized spacial score (nSPS) is 33.8. The molecule has 0 saturated heterocycles. The Balaban J connectivity index is 1.46. The number of amides is 1. The van der Waals surface area contributed by atoms with Crippen molar-refractivity contribution in [1.82, 2.24) is 5.32 Å². The van der Waals surface area contributed by atoms with Gasteiger partial charge in [0.1, 0.15) is 0 Å². The van der Waals surface area contributed by atoms with Crippen molar-refractivity contribution in [1.29, 1.82) is 0 Å². The molecule has 4 fully saturated rings. The van der Waals surface area contributed by atoms with Crippen LogP contribution in [0.25, 0.3) is 10.8 Å². The SMILES string of the molecule is O=C(NC12CC3CC(CC(C3)C1)C2)c1cc2ccccc2c(=O)o1. The summed E-state index contributed by atoms with van der Waals surface area (Å²) >= 11 is 0. The highest BCUT2D eigenvalue weighted by Gasteiger charge is 2.51. The third kappa shape index (κ3) is 2.20. The van der Waals surface area contributed by atoms with Crippen LogP contribution in [0.5, 0.6) is 0 Å². The molecule has 124 valence electrons. The summed E-state index contributed by atoms with van der Waals surface area (Å²) in [5.41, 5.74) is -0.514. The van der Waals surface area contributed by atoms with Gasteiger partial charge in [0.25, 0.3) is 5.91 Å². The minimum atomic E-state index is -0.441. The van der Waals surface area contributed by atoms with Crippen molar-refractivity contribution < 1.29 is 9.21 Å². The van der Waals surface area contributed by atoms with Crippen LogP contribution < -0.4 is 10.9 Å². The fraction of sp³-hybridized carbons (Fsp3) is 0.500. The summed E-state index contributed by atoms with van der Waals surface area (Å²) in [4.78, 5) is 24.9. The molecule has 4 saturated carbocycles. The maximum atomic E-state index is 12.8. The predicted molar refractivity (Wildman–Crippen MR) is 90.9 cm³/mol. The maximum absolute atomic E-state index is 12.8. The van der Waals surface area contributed by atoms with Gasteiger partial charge in [0.05, 0.1) is 5.39 Å². The Morgan fingerprint density at radius 1 is 1.04 bits per heavy atom. The van der Waals surface area contributed by atoms with Gasteiger partial charge in [0.15, 0.2) is 5.76 Å². The average molecular weight is 323 g/mol. The molecule has 4 aliphatic rings. The lowest BCUT2D eigenvalue weighted by Gasteiger charge is -2.56. The number of hydrogen-bond donors (Lipinski definition) is 1. The van der Waals surface area contributed by atoms with Gasteiger partial charge < -0.3 is 9.73 Å². The van der Waals surface area contributed by atoms with Crippen molar-refractivity contribution in [3.8, 4) is 0 Å². The van der Waals surface area contributed by atoms with Crippen molar-refractivity contribution in [2.45, 2.75) is 44.1 Å². The number of hydrogen-bond acceptors (Lipinski definition) is 3. The van der Waals surface area contributed by atoms with Gasteiger partial charge in [-0.05, 0) is 73.8 Å². The largest absolute Gasteiger partial charge is 0.417 e. The molecule has 1 N–H and O–H groups in total. The van der Waals surface area contributed by atoms with Crippen LogP contribution in [0.3, 0.4) is 0 Å². The predicted octanol–water partition coefficient (Wildman–Crippen LogP) is 3.49. The molecule has 0 spiro atoms. The number of carbonyl (C=O) groups is 1. The molecule has 2 aromatic rings. The number of nitrogens with one attached hydrogen (secondary N) is 1. The van der Waals surface area contributed by atoms with Crippen LogP contribution in [0.1, 0.15) is 49.1 Å². The van der Waals surface area contributed by atoms with Crippen LogP contribution in [0.15, 0.2) is 39.5 Å². The molecule has 4 nitrogen and oxygen atoms in total. The fourth-order valence-corrected chi connectivity index (χ4v) is 5.81. The summed E-state index contributed by atoms with van der Waals surface area (Å²) in [6, 6.07) is 8.92. The molecule has 1 aromatic carbocycles. The highest BCUT2D eigenvalue weighted by molar-refractivity contribution is 5.95. The molecule has 1 heterocycles. The molecule has 0 unspecified atom stereocenters. The molecule has 24 heavy (non-hydrogen) atoms. The minimum Gasteiger partial charge on any atom is -0.417 e. The highest BCUT2D eigenvalue weighted by atomic mass is 16.4. The Morgan fingerprint density at radius 2 is 1.67 bits per heavy atom. The monoisotopic (exact) mass is 323 g/mol. The van der Waals surface area contributed by atoms with E-state index in [9.17, 15) is 9.59 Å². The Bertz CT molecular complexity index is 847. The van der Waals surface area contributed by atoms with Crippen LogP contribution in [0.4, 0.5) is 0 Å². The zero-order chi connectivity index (χ0) is 16.3. The van der Waals surface area contributed by atoms with E-state index in [1.165, 1.54) is 19.3 Å². The number of fused-ring (bicyclic) bond motifs is 1. The van der Waals surface area contributed by atoms with Gasteiger partial charge in [-0.1, -0.05) is 18.2 Å². The second-order valence-corrected chi connectivity index (χ2v) is 8.14. The summed E-state index contributed by atoms with van der Waals surface area (Å²) in [5.74, 6) is 2.19. The molecule has 4 aliphatic carbocycles. The van der Waals surface area contributed by atoms with E-state index < -0.39 is 5.63 Å². The first-order valence-corrected chi connectivity index (χ1v) is 8.96. The van der Waals surface area contributed by atoms with E-state index in [0.717, 1.165) is 42.4 Å². The first kappa shape index (κ1) is 14.3. The van der Waals surface area contributed by atoms with E-state index in [1.807, 2.05) is 12.1 Å². The van der Waals surface area contributed by atoms with Crippen molar-refractivity contribution in [2.24, 2.45) is 17.8 Å². The number of carbonyl (C=O) groups excluding carboxylic acids is 1. The molecule has 1 aromatic heterocycles. The lowest BCUT2D eigenvalue weighted by atomic mass is 9.53. The summed E-state index contributed by atoms with van der Waals surface area (Å²) in [6.45, 7) is 0. The van der Waals surface area contributed by atoms with Gasteiger partial charge in [-0.2, -0.15) is 0 Å². The lowest BCUT2D eigenvalue weighted by molar-refractivity contribution is -0.0171. The summed E-state index contributed by atoms with van der Waals surface area (Å²) < 4.78 is 5.30. The highest BCUT2D eigenvalue weighted by Crippen LogP contribution is 2.55. The van der Waals surface area contributed by atoms with Crippen molar-refractivity contribution in [2.75, 3.05) is 0 Å². The van der Waals surface area contributed by atoms with E-state index in [1.54, 1.807) is 18.2 Å². The average Bonchev–Trinajstić information content (AvgIpc) is 2.53. The number of benzene rings is 1. The first-order chi connectivity index (χ1) is 11.6. The van der Waals surface area contributed by atoms with E-state index in [0.29, 0.717) is 5.39 Å². The summed E-state index contributed by atoms with van der Waals surface area (Å²) in [6.07, 6.45) is 7.26. The Labute approximate surface area is 140 Å². The van der Waals surface area contributed by atoms with Crippen LogP contribution in [0.2, 0.25) is 0 Å². The van der Waals surface area contributed by atoms with Gasteiger partial charge in [-0.3, -0.25) is 4.79 Å². The second kappa shape index (κ2) is 4.95. The first-order valence-electron chi connectivity index (χ1n) is 8.96. The van der Waals surface area contributed by atoms with E-state index in [4.69, 9.17) is 4.42 Å². The van der Waals surface area contributed by atoms with Crippen molar-refractivity contribution in [3.05, 3.63) is 46.5 Å². The van der Waals surface area contributed by atoms with Gasteiger partial charge in [0.2, 0.25) is 0 Å². The quantitative estimate of drug-likeness (QED) is 0.920. The standard InChI is InChI=1S/C20H21NO3/c22-18(17-8-15-3-1-2-4-16(15)19(23)24-17)21-20-9-12-5-13(10-20)7-14(6-12)11-20/h1-4,8,12-14H,5-7,9-11H2,(H,21,22). The molecule has 0 radical (unpaired) electrons. The van der Waals surface area contributed by atoms with Gasteiger partial charge in [0, 0.05) is 5.54 Å². The molecule has 1 amide bonds. The van der Waals surface area contributed by atoms with Gasteiger partial charge in [-0.15, -0.1) is 0 Å². The van der Waals surface area contributed by atoms with E-state index >= 15 is 0 Å². The number of rotatable bonds is 2. The third-order valence-electron chi connectivity index (χ3n) is 6.31. The molecule has 0 aliphatic heterocycles. The zero-order valence-corrected chi connectivity index (χ0v) is 13.6. The molecular formula is C20H21NO3. The molecule has 0 atom stereocenters. The second-order valence-electron chi connectivity index (χ2n) is 8.14. The minimum absolute atomic E-state index is 0.0734. The third-order valence-corrected chi connectivity index (χ3v) is 6.31. The Hall–Kier alpha value is -2.10. The smallest absolute Gasteiger partial charge is 0.344 e. The van der Waals surface area contributed by atoms with Crippen LogP contribution >= 0.6 is 0 Å². The van der Waals surface area contributed by atoms with Gasteiger partial charge >= 0.3 is 5.63 Å². The van der Waals surface area contributed by atoms with Crippen molar-refractivity contribution in [3.63, 3.8) is 0 Å². The topological polar surface area (TPSA) is 59.3 Å². The Morgan fingerprint density at radius 3 is 2.33 bits per heavy atom. The van der Waals surface area contributed by atoms with Gasteiger partial charge in [-0.25, -0.2) is 4.79 Å². The van der Waals surface area contributed by atoms with E-state index in [-0.39, 0.29) is 17.2 Å². The molecular weight excluding hydrogens is 302 g/mol. The van der Waals surface area contributed by atoms with Crippen LogP contribution in [0, 0.1) is 17.8 Å². The lowest BCUT2D eigenvalue weighted by Crippen LogP contribution is -2.59. The molecule has 4 heteroatoms. The maximum Gasteiger partial charge on any atom is 0.344 e. The molecule has 6 rings (SSSR count). The Kier molecular flexibility index (Phi) is 2.94. The van der Waals surface area contributed by atoms with Crippen molar-refractivity contribution >= 4 is 16.7 Å². The summed E-state index contributed by atoms with van der Waals surface area (Å²) in [5, 5.41) is 4.53. The van der Waals surface area contributed by atoms with Crippen LogP contribution in [-0.4, -0.2) is 11.4 Å². The molecule has 4 bridgehead atoms. The van der Waals surface area contributed by atoms with E-state index in [2.05, 4.69) is 5.32 Å². The van der Waals surface area contributed by atoms with Crippen LogP contribution in [-0.2, 0) is 0 Å². The fourth-order valence-electron chi connectivity index (χ4n) is 5.81.